The number of amides is 2. The molecule has 3 nitrogen and oxygen atoms in total. The first-order valence-corrected chi connectivity index (χ1v) is 4.64. The summed E-state index contributed by atoms with van der Waals surface area (Å²) in [6.45, 7) is 5.40. The van der Waals surface area contributed by atoms with Crippen LogP contribution >= 0.6 is 0 Å². The number of carbonyl (C=O) groups excluding carboxylic acids is 1. The molecule has 5 heteroatoms. The van der Waals surface area contributed by atoms with E-state index in [-0.39, 0.29) is 0 Å². The van der Waals surface area contributed by atoms with Crippen molar-refractivity contribution in [3.8, 4) is 0 Å². The van der Waals surface area contributed by atoms with Crippen LogP contribution in [0.3, 0.4) is 0 Å². The average Bonchev–Trinajstić information content (AvgIpc) is 2.63. The lowest BCUT2D eigenvalue weighted by atomic mass is 10.1. The molecule has 2 N–H and O–H groups in total. The predicted octanol–water partition coefficient (Wildman–Crippen LogP) is 1.88. The van der Waals surface area contributed by atoms with Crippen LogP contribution in [-0.2, 0) is 0 Å². The molecule has 1 fully saturated rings. The molecule has 0 aromatic rings. The number of halogens is 2. The second-order valence-corrected chi connectivity index (χ2v) is 4.79. The van der Waals surface area contributed by atoms with Crippen LogP contribution in [0, 0.1) is 0 Å². The molecule has 0 aliphatic heterocycles. The quantitative estimate of drug-likeness (QED) is 0.711. The Labute approximate surface area is 82.2 Å². The van der Waals surface area contributed by atoms with Gasteiger partial charge in [-0.15, -0.1) is 0 Å². The lowest BCUT2D eigenvalue weighted by molar-refractivity contribution is 0.0888. The summed E-state index contributed by atoms with van der Waals surface area (Å²) < 4.78 is 24.9. The van der Waals surface area contributed by atoms with E-state index in [0.29, 0.717) is 12.8 Å². The van der Waals surface area contributed by atoms with Crippen molar-refractivity contribution in [3.05, 3.63) is 0 Å². The van der Waals surface area contributed by atoms with Gasteiger partial charge in [0.15, 0.2) is 0 Å². The molecule has 1 aliphatic rings. The molecule has 0 aromatic carbocycles. The third-order valence-corrected chi connectivity index (χ3v) is 2.06. The van der Waals surface area contributed by atoms with Crippen LogP contribution in [0.15, 0.2) is 0 Å². The Morgan fingerprint density at radius 1 is 1.36 bits per heavy atom. The van der Waals surface area contributed by atoms with E-state index in [2.05, 4.69) is 10.6 Å². The van der Waals surface area contributed by atoms with Crippen LogP contribution in [0.2, 0.25) is 0 Å². The lowest BCUT2D eigenvalue weighted by Crippen LogP contribution is -2.52. The Morgan fingerprint density at radius 2 is 1.86 bits per heavy atom. The largest absolute Gasteiger partial charge is 0.334 e. The van der Waals surface area contributed by atoms with E-state index in [0.717, 1.165) is 0 Å². The summed E-state index contributed by atoms with van der Waals surface area (Å²) in [4.78, 5) is 11.3. The molecule has 1 aliphatic carbocycles. The SMILES string of the molecule is CC(C)(C)NC(=O)NC1(C(F)F)CC1. The van der Waals surface area contributed by atoms with Gasteiger partial charge in [0.1, 0.15) is 5.54 Å². The highest BCUT2D eigenvalue weighted by Gasteiger charge is 2.52. The van der Waals surface area contributed by atoms with Gasteiger partial charge >= 0.3 is 6.03 Å². The van der Waals surface area contributed by atoms with Crippen molar-refractivity contribution in [2.24, 2.45) is 0 Å². The van der Waals surface area contributed by atoms with Gasteiger partial charge in [0.05, 0.1) is 0 Å². The van der Waals surface area contributed by atoms with E-state index >= 15 is 0 Å². The Balaban J connectivity index is 2.42. The number of hydrogen-bond acceptors (Lipinski definition) is 1. The van der Waals surface area contributed by atoms with Gasteiger partial charge in [-0.3, -0.25) is 0 Å². The molecule has 1 saturated carbocycles. The van der Waals surface area contributed by atoms with E-state index in [1.165, 1.54) is 0 Å². The summed E-state index contributed by atoms with van der Waals surface area (Å²) in [6.07, 6.45) is -1.75. The van der Waals surface area contributed by atoms with Gasteiger partial charge in [0, 0.05) is 5.54 Å². The number of nitrogens with one attached hydrogen (secondary N) is 2. The zero-order valence-corrected chi connectivity index (χ0v) is 8.66. The van der Waals surface area contributed by atoms with Crippen LogP contribution in [-0.4, -0.2) is 23.5 Å². The number of carbonyl (C=O) groups is 1. The zero-order chi connectivity index (χ0) is 11.0. The summed E-state index contributed by atoms with van der Waals surface area (Å²) in [7, 11) is 0. The first-order chi connectivity index (χ1) is 6.25. The molecule has 0 radical (unpaired) electrons. The normalized spacial score (nSPS) is 19.3. The molecule has 0 saturated heterocycles. The van der Waals surface area contributed by atoms with E-state index in [1.807, 2.05) is 0 Å². The standard InChI is InChI=1S/C9H16F2N2O/c1-8(2,3)12-7(14)13-9(4-5-9)6(10)11/h6H,4-5H2,1-3H3,(H2,12,13,14). The smallest absolute Gasteiger partial charge is 0.315 e. The van der Waals surface area contributed by atoms with Crippen molar-refractivity contribution in [1.29, 1.82) is 0 Å². The summed E-state index contributed by atoms with van der Waals surface area (Å²) in [5, 5.41) is 4.91. The second-order valence-electron chi connectivity index (χ2n) is 4.79. The molecule has 0 atom stereocenters. The number of urea groups is 1. The van der Waals surface area contributed by atoms with Crippen molar-refractivity contribution in [3.63, 3.8) is 0 Å². The van der Waals surface area contributed by atoms with Crippen LogP contribution < -0.4 is 10.6 Å². The highest BCUT2D eigenvalue weighted by atomic mass is 19.3. The summed E-state index contributed by atoms with van der Waals surface area (Å²) in [5.41, 5.74) is -1.66. The second kappa shape index (κ2) is 3.37. The Hall–Kier alpha value is -0.870. The van der Waals surface area contributed by atoms with Gasteiger partial charge < -0.3 is 10.6 Å². The summed E-state index contributed by atoms with van der Waals surface area (Å²) in [6, 6.07) is -0.518. The molecule has 0 bridgehead atoms. The van der Waals surface area contributed by atoms with E-state index in [4.69, 9.17) is 0 Å². The Kier molecular flexibility index (Phi) is 2.69. The van der Waals surface area contributed by atoms with Gasteiger partial charge in [0.2, 0.25) is 0 Å². The van der Waals surface area contributed by atoms with Gasteiger partial charge in [0.25, 0.3) is 6.43 Å². The minimum Gasteiger partial charge on any atom is -0.334 e. The van der Waals surface area contributed by atoms with Crippen molar-refractivity contribution < 1.29 is 13.6 Å². The van der Waals surface area contributed by atoms with Crippen LogP contribution in [0.5, 0.6) is 0 Å². The van der Waals surface area contributed by atoms with Crippen molar-refractivity contribution in [1.82, 2.24) is 10.6 Å². The van der Waals surface area contributed by atoms with E-state index in [9.17, 15) is 13.6 Å². The minimum atomic E-state index is -2.48. The topological polar surface area (TPSA) is 41.1 Å². The maximum atomic E-state index is 12.4. The average molecular weight is 206 g/mol. The summed E-state index contributed by atoms with van der Waals surface area (Å²) in [5.74, 6) is 0. The molecule has 0 unspecified atom stereocenters. The number of rotatable bonds is 2. The van der Waals surface area contributed by atoms with Gasteiger partial charge in [-0.1, -0.05) is 0 Å². The molecule has 14 heavy (non-hydrogen) atoms. The lowest BCUT2D eigenvalue weighted by Gasteiger charge is -2.23. The highest BCUT2D eigenvalue weighted by molar-refractivity contribution is 5.76. The van der Waals surface area contributed by atoms with Crippen LogP contribution in [0.1, 0.15) is 33.6 Å². The van der Waals surface area contributed by atoms with Crippen LogP contribution in [0.25, 0.3) is 0 Å². The fourth-order valence-electron chi connectivity index (χ4n) is 1.13. The molecular weight excluding hydrogens is 190 g/mol. The highest BCUT2D eigenvalue weighted by Crippen LogP contribution is 2.40. The first-order valence-electron chi connectivity index (χ1n) is 4.64. The van der Waals surface area contributed by atoms with Crippen LogP contribution in [0.4, 0.5) is 13.6 Å². The fraction of sp³-hybridized carbons (Fsp3) is 0.889. The van der Waals surface area contributed by atoms with Crippen molar-refractivity contribution >= 4 is 6.03 Å². The third kappa shape index (κ3) is 2.82. The molecule has 2 amide bonds. The maximum absolute atomic E-state index is 12.4. The van der Waals surface area contributed by atoms with Crippen molar-refractivity contribution in [2.45, 2.75) is 51.1 Å². The molecule has 1 rings (SSSR count). The van der Waals surface area contributed by atoms with Gasteiger partial charge in [-0.05, 0) is 33.6 Å². The van der Waals surface area contributed by atoms with Crippen molar-refractivity contribution in [2.75, 3.05) is 0 Å². The van der Waals surface area contributed by atoms with Gasteiger partial charge in [-0.2, -0.15) is 0 Å². The van der Waals surface area contributed by atoms with E-state index < -0.39 is 23.5 Å². The Bertz CT molecular complexity index is 231. The number of alkyl halides is 2. The zero-order valence-electron chi connectivity index (χ0n) is 8.66. The molecular formula is C9H16F2N2O. The first kappa shape index (κ1) is 11.2. The monoisotopic (exact) mass is 206 g/mol. The van der Waals surface area contributed by atoms with E-state index in [1.54, 1.807) is 20.8 Å². The minimum absolute atomic E-state index is 0.363. The maximum Gasteiger partial charge on any atom is 0.315 e. The third-order valence-electron chi connectivity index (χ3n) is 2.06. The molecule has 82 valence electrons. The molecule has 0 heterocycles. The number of hydrogen-bond donors (Lipinski definition) is 2. The summed E-state index contributed by atoms with van der Waals surface area (Å²) >= 11 is 0. The fourth-order valence-corrected chi connectivity index (χ4v) is 1.13. The Morgan fingerprint density at radius 3 is 2.14 bits per heavy atom. The van der Waals surface area contributed by atoms with Gasteiger partial charge in [-0.25, -0.2) is 13.6 Å². The predicted molar refractivity (Wildman–Crippen MR) is 49.4 cm³/mol. The molecule has 0 spiro atoms. The molecule has 0 aromatic heterocycles.